The summed E-state index contributed by atoms with van der Waals surface area (Å²) in [4.78, 5) is 2.20. The molecule has 1 aliphatic rings. The SMILES string of the molecule is C[C@@H](O)CN(C)CC1CCCCN1. The van der Waals surface area contributed by atoms with Gasteiger partial charge in [-0.25, -0.2) is 0 Å². The number of likely N-dealkylation sites (N-methyl/N-ethyl adjacent to an activating group) is 1. The van der Waals surface area contributed by atoms with Crippen molar-refractivity contribution in [2.75, 3.05) is 26.7 Å². The zero-order valence-corrected chi connectivity index (χ0v) is 8.79. The summed E-state index contributed by atoms with van der Waals surface area (Å²) in [5.41, 5.74) is 0. The highest BCUT2D eigenvalue weighted by atomic mass is 16.3. The Balaban J connectivity index is 2.14. The Hall–Kier alpha value is -0.120. The first-order valence-electron chi connectivity index (χ1n) is 5.28. The third-order valence-electron chi connectivity index (χ3n) is 2.52. The van der Waals surface area contributed by atoms with Crippen LogP contribution in [0.25, 0.3) is 0 Å². The van der Waals surface area contributed by atoms with Gasteiger partial charge in [0, 0.05) is 19.1 Å². The monoisotopic (exact) mass is 186 g/mol. The van der Waals surface area contributed by atoms with Crippen molar-refractivity contribution in [3.63, 3.8) is 0 Å². The number of piperidine rings is 1. The molecule has 0 aromatic rings. The highest BCUT2D eigenvalue weighted by Crippen LogP contribution is 2.07. The van der Waals surface area contributed by atoms with Gasteiger partial charge in [-0.2, -0.15) is 0 Å². The molecular weight excluding hydrogens is 164 g/mol. The molecule has 78 valence electrons. The molecule has 0 aliphatic carbocycles. The van der Waals surface area contributed by atoms with Crippen LogP contribution in [-0.4, -0.2) is 48.8 Å². The average molecular weight is 186 g/mol. The number of hydrogen-bond acceptors (Lipinski definition) is 3. The Kier molecular flexibility index (Phi) is 4.70. The van der Waals surface area contributed by atoms with Gasteiger partial charge in [0.15, 0.2) is 0 Å². The van der Waals surface area contributed by atoms with E-state index in [4.69, 9.17) is 0 Å². The van der Waals surface area contributed by atoms with Gasteiger partial charge >= 0.3 is 0 Å². The van der Waals surface area contributed by atoms with E-state index in [2.05, 4.69) is 17.3 Å². The van der Waals surface area contributed by atoms with E-state index in [1.165, 1.54) is 19.3 Å². The molecule has 1 heterocycles. The van der Waals surface area contributed by atoms with E-state index in [-0.39, 0.29) is 6.10 Å². The van der Waals surface area contributed by atoms with Crippen LogP contribution < -0.4 is 5.32 Å². The first kappa shape index (κ1) is 11.0. The van der Waals surface area contributed by atoms with Crippen molar-refractivity contribution in [3.8, 4) is 0 Å². The van der Waals surface area contributed by atoms with Crippen molar-refractivity contribution in [1.29, 1.82) is 0 Å². The predicted molar refractivity (Wildman–Crippen MR) is 54.8 cm³/mol. The molecule has 0 radical (unpaired) electrons. The number of nitrogens with one attached hydrogen (secondary N) is 1. The third-order valence-corrected chi connectivity index (χ3v) is 2.52. The highest BCUT2D eigenvalue weighted by molar-refractivity contribution is 4.75. The number of hydrogen-bond donors (Lipinski definition) is 2. The molecule has 0 amide bonds. The Morgan fingerprint density at radius 1 is 1.54 bits per heavy atom. The summed E-state index contributed by atoms with van der Waals surface area (Å²) in [6, 6.07) is 0.637. The maximum Gasteiger partial charge on any atom is 0.0638 e. The topological polar surface area (TPSA) is 35.5 Å². The van der Waals surface area contributed by atoms with Crippen LogP contribution in [0.5, 0.6) is 0 Å². The van der Waals surface area contributed by atoms with E-state index in [0.717, 1.165) is 19.6 Å². The molecule has 0 saturated carbocycles. The van der Waals surface area contributed by atoms with Gasteiger partial charge in [-0.3, -0.25) is 0 Å². The summed E-state index contributed by atoms with van der Waals surface area (Å²) in [5.74, 6) is 0. The molecule has 0 aromatic carbocycles. The number of aliphatic hydroxyl groups is 1. The van der Waals surface area contributed by atoms with Gasteiger partial charge in [-0.05, 0) is 33.4 Å². The van der Waals surface area contributed by atoms with Crippen LogP contribution in [0.3, 0.4) is 0 Å². The molecule has 1 unspecified atom stereocenters. The fraction of sp³-hybridized carbons (Fsp3) is 1.00. The van der Waals surface area contributed by atoms with Crippen LogP contribution in [-0.2, 0) is 0 Å². The van der Waals surface area contributed by atoms with Gasteiger partial charge in [0.25, 0.3) is 0 Å². The average Bonchev–Trinajstić information content (AvgIpc) is 2.04. The van der Waals surface area contributed by atoms with E-state index in [1.54, 1.807) is 0 Å². The maximum absolute atomic E-state index is 9.19. The van der Waals surface area contributed by atoms with Crippen LogP contribution >= 0.6 is 0 Å². The lowest BCUT2D eigenvalue weighted by Crippen LogP contribution is -2.43. The van der Waals surface area contributed by atoms with Crippen LogP contribution in [0.4, 0.5) is 0 Å². The second-order valence-corrected chi connectivity index (χ2v) is 4.22. The third kappa shape index (κ3) is 4.60. The van der Waals surface area contributed by atoms with Gasteiger partial charge in [-0.1, -0.05) is 6.42 Å². The molecule has 13 heavy (non-hydrogen) atoms. The summed E-state index contributed by atoms with van der Waals surface area (Å²) >= 11 is 0. The van der Waals surface area contributed by atoms with E-state index in [1.807, 2.05) is 6.92 Å². The molecule has 1 aliphatic heterocycles. The normalized spacial score (nSPS) is 26.3. The molecule has 3 nitrogen and oxygen atoms in total. The lowest BCUT2D eigenvalue weighted by Gasteiger charge is -2.28. The van der Waals surface area contributed by atoms with Crippen molar-refractivity contribution in [3.05, 3.63) is 0 Å². The second-order valence-electron chi connectivity index (χ2n) is 4.22. The second kappa shape index (κ2) is 5.58. The summed E-state index contributed by atoms with van der Waals surface area (Å²) < 4.78 is 0. The highest BCUT2D eigenvalue weighted by Gasteiger charge is 2.14. The fourth-order valence-electron chi connectivity index (χ4n) is 1.98. The minimum absolute atomic E-state index is 0.214. The van der Waals surface area contributed by atoms with E-state index >= 15 is 0 Å². The Bertz CT molecular complexity index is 133. The quantitative estimate of drug-likeness (QED) is 0.669. The van der Waals surface area contributed by atoms with E-state index in [9.17, 15) is 5.11 Å². The minimum atomic E-state index is -0.214. The van der Waals surface area contributed by atoms with Crippen molar-refractivity contribution in [1.82, 2.24) is 10.2 Å². The van der Waals surface area contributed by atoms with Crippen molar-refractivity contribution in [2.45, 2.75) is 38.3 Å². The molecule has 1 fully saturated rings. The lowest BCUT2D eigenvalue weighted by atomic mass is 10.0. The van der Waals surface area contributed by atoms with Crippen molar-refractivity contribution >= 4 is 0 Å². The van der Waals surface area contributed by atoms with E-state index in [0.29, 0.717) is 6.04 Å². The Morgan fingerprint density at radius 2 is 2.31 bits per heavy atom. The summed E-state index contributed by atoms with van der Waals surface area (Å²) in [5, 5.41) is 12.7. The minimum Gasteiger partial charge on any atom is -0.392 e. The van der Waals surface area contributed by atoms with Crippen LogP contribution in [0.1, 0.15) is 26.2 Å². The van der Waals surface area contributed by atoms with Crippen LogP contribution in [0.15, 0.2) is 0 Å². The summed E-state index contributed by atoms with van der Waals surface area (Å²) in [6.45, 7) is 4.83. The summed E-state index contributed by atoms with van der Waals surface area (Å²) in [6.07, 6.45) is 3.73. The van der Waals surface area contributed by atoms with Gasteiger partial charge in [-0.15, -0.1) is 0 Å². The van der Waals surface area contributed by atoms with Crippen LogP contribution in [0.2, 0.25) is 0 Å². The first-order chi connectivity index (χ1) is 6.18. The molecule has 0 bridgehead atoms. The summed E-state index contributed by atoms with van der Waals surface area (Å²) in [7, 11) is 2.07. The predicted octanol–water partition coefficient (Wildman–Crippen LogP) is 0.441. The number of aliphatic hydroxyl groups excluding tert-OH is 1. The van der Waals surface area contributed by atoms with Crippen molar-refractivity contribution < 1.29 is 5.11 Å². The smallest absolute Gasteiger partial charge is 0.0638 e. The maximum atomic E-state index is 9.19. The molecule has 1 saturated heterocycles. The van der Waals surface area contributed by atoms with Gasteiger partial charge < -0.3 is 15.3 Å². The molecular formula is C10H22N2O. The number of nitrogens with zero attached hydrogens (tertiary/aromatic N) is 1. The lowest BCUT2D eigenvalue weighted by molar-refractivity contribution is 0.132. The molecule has 3 heteroatoms. The molecule has 2 N–H and O–H groups in total. The fourth-order valence-corrected chi connectivity index (χ4v) is 1.98. The van der Waals surface area contributed by atoms with Gasteiger partial charge in [0.2, 0.25) is 0 Å². The van der Waals surface area contributed by atoms with Crippen LogP contribution in [0, 0.1) is 0 Å². The zero-order chi connectivity index (χ0) is 9.68. The van der Waals surface area contributed by atoms with Gasteiger partial charge in [0.05, 0.1) is 6.10 Å². The Morgan fingerprint density at radius 3 is 2.85 bits per heavy atom. The number of rotatable bonds is 4. The zero-order valence-electron chi connectivity index (χ0n) is 8.79. The van der Waals surface area contributed by atoms with Gasteiger partial charge in [0.1, 0.15) is 0 Å². The first-order valence-corrected chi connectivity index (χ1v) is 5.28. The van der Waals surface area contributed by atoms with E-state index < -0.39 is 0 Å². The standard InChI is InChI=1S/C10H22N2O/c1-9(13)7-12(2)8-10-5-3-4-6-11-10/h9-11,13H,3-8H2,1-2H3/t9-,10?/m1/s1. The Labute approximate surface area is 81.1 Å². The molecule has 2 atom stereocenters. The largest absolute Gasteiger partial charge is 0.392 e. The molecule has 0 spiro atoms. The van der Waals surface area contributed by atoms with Crippen molar-refractivity contribution in [2.24, 2.45) is 0 Å². The molecule has 0 aromatic heterocycles. The molecule has 1 rings (SSSR count).